The van der Waals surface area contributed by atoms with Crippen LogP contribution in [0, 0.1) is 29.1 Å². The molecule has 0 radical (unpaired) electrons. The number of carbonyl (C=O) groups is 4. The molecular formula is C27H31F3N4O6. The minimum absolute atomic E-state index is 0.174. The number of carbonyl (C=O) groups excluding carboxylic acids is 4. The second-order valence-electron chi connectivity index (χ2n) is 11.2. The topological polar surface area (TPSA) is 183 Å². The number of Topliss-reactive ketones (excluding diaryl/α,β-unsaturated/α-hetero) is 3. The van der Waals surface area contributed by atoms with Crippen LogP contribution < -0.4 is 16.4 Å². The van der Waals surface area contributed by atoms with Crippen molar-refractivity contribution in [2.45, 2.75) is 62.9 Å². The van der Waals surface area contributed by atoms with Crippen LogP contribution in [0.25, 0.3) is 0 Å². The predicted molar refractivity (Wildman–Crippen MR) is 134 cm³/mol. The molecule has 1 aromatic rings. The SMILES string of the molecule is CCCNC1C(=O)C(C(N)=O)C(=N)C2(O)C(=O)C3C(=O)c4c(O)cc(C5CCCN5)c(C(F)(F)F)c4CC3CC12. The first kappa shape index (κ1) is 28.4. The van der Waals surface area contributed by atoms with Crippen molar-refractivity contribution in [2.75, 3.05) is 13.1 Å². The maximum atomic E-state index is 14.5. The molecule has 216 valence electrons. The fraction of sp³-hybridized carbons (Fsp3) is 0.593. The summed E-state index contributed by atoms with van der Waals surface area (Å²) in [6.07, 6.45) is -3.95. The van der Waals surface area contributed by atoms with Crippen molar-refractivity contribution in [2.24, 2.45) is 29.4 Å². The number of fused-ring (bicyclic) bond motifs is 3. The summed E-state index contributed by atoms with van der Waals surface area (Å²) in [6, 6.07) is -1.05. The molecule has 40 heavy (non-hydrogen) atoms. The molecule has 1 aromatic carbocycles. The first-order valence-corrected chi connectivity index (χ1v) is 13.4. The summed E-state index contributed by atoms with van der Waals surface area (Å²) in [7, 11) is 0. The summed E-state index contributed by atoms with van der Waals surface area (Å²) in [5.41, 5.74) is -0.526. The minimum atomic E-state index is -4.87. The Hall–Kier alpha value is -3.16. The molecule has 5 rings (SSSR count). The summed E-state index contributed by atoms with van der Waals surface area (Å²) in [4.78, 5) is 53.0. The number of phenolic OH excluding ortho intramolecular Hbond substituents is 1. The highest BCUT2D eigenvalue weighted by Gasteiger charge is 2.67. The lowest BCUT2D eigenvalue weighted by Gasteiger charge is -2.52. The van der Waals surface area contributed by atoms with E-state index in [1.807, 2.05) is 0 Å². The zero-order valence-electron chi connectivity index (χ0n) is 21.7. The van der Waals surface area contributed by atoms with Crippen LogP contribution >= 0.6 is 0 Å². The molecule has 1 saturated heterocycles. The molecule has 7 N–H and O–H groups in total. The van der Waals surface area contributed by atoms with Crippen LogP contribution in [0.4, 0.5) is 13.2 Å². The van der Waals surface area contributed by atoms with Gasteiger partial charge in [0.05, 0.1) is 28.8 Å². The Labute approximate surface area is 227 Å². The van der Waals surface area contributed by atoms with E-state index in [2.05, 4.69) is 10.6 Å². The normalized spacial score (nSPS) is 33.9. The van der Waals surface area contributed by atoms with Crippen LogP contribution in [0.15, 0.2) is 6.07 Å². The highest BCUT2D eigenvalue weighted by molar-refractivity contribution is 6.33. The molecule has 1 heterocycles. The van der Waals surface area contributed by atoms with Crippen LogP contribution in [-0.2, 0) is 27.0 Å². The van der Waals surface area contributed by atoms with Crippen LogP contribution in [0.5, 0.6) is 5.75 Å². The number of nitrogens with one attached hydrogen (secondary N) is 3. The van der Waals surface area contributed by atoms with Crippen LogP contribution in [0.3, 0.4) is 0 Å². The Bertz CT molecular complexity index is 1320. The molecule has 7 atom stereocenters. The molecule has 0 spiro atoms. The Morgan fingerprint density at radius 1 is 1.30 bits per heavy atom. The third-order valence-corrected chi connectivity index (χ3v) is 8.97. The van der Waals surface area contributed by atoms with E-state index < -0.39 is 105 Å². The molecular weight excluding hydrogens is 533 g/mol. The number of primary amides is 1. The van der Waals surface area contributed by atoms with Crippen molar-refractivity contribution in [3.05, 3.63) is 28.3 Å². The standard InChI is InChI=1S/C27H31F3N4O6/c1-2-5-34-20-13-8-10-7-12-17(15(35)9-11(14-4-3-6-33-14)19(12)27(28,29)30)21(36)16(10)24(38)26(13,40)23(31)18(22(20)37)25(32)39/h9-10,13-14,16,18,20,31,33-35,40H,2-8H2,1H3,(H2,32,39). The zero-order valence-corrected chi connectivity index (χ0v) is 21.7. The number of nitrogens with two attached hydrogens (primary N) is 1. The average Bonchev–Trinajstić information content (AvgIpc) is 3.40. The van der Waals surface area contributed by atoms with Gasteiger partial charge in [0.2, 0.25) is 5.91 Å². The van der Waals surface area contributed by atoms with E-state index in [4.69, 9.17) is 11.1 Å². The quantitative estimate of drug-likeness (QED) is 0.288. The zero-order chi connectivity index (χ0) is 29.3. The summed E-state index contributed by atoms with van der Waals surface area (Å²) < 4.78 is 43.6. The number of hydrogen-bond donors (Lipinski definition) is 6. The first-order chi connectivity index (χ1) is 18.7. The molecule has 0 aromatic heterocycles. The van der Waals surface area contributed by atoms with E-state index in [0.717, 1.165) is 6.07 Å². The molecule has 1 aliphatic heterocycles. The molecule has 10 nitrogen and oxygen atoms in total. The molecule has 3 aliphatic carbocycles. The number of aromatic hydroxyl groups is 1. The van der Waals surface area contributed by atoms with Crippen molar-refractivity contribution in [3.8, 4) is 5.75 Å². The van der Waals surface area contributed by atoms with Crippen LogP contribution in [0.2, 0.25) is 0 Å². The van der Waals surface area contributed by atoms with Crippen molar-refractivity contribution < 1.29 is 42.6 Å². The van der Waals surface area contributed by atoms with Gasteiger partial charge in [-0.15, -0.1) is 0 Å². The second-order valence-corrected chi connectivity index (χ2v) is 11.2. The monoisotopic (exact) mass is 564 g/mol. The van der Waals surface area contributed by atoms with Crippen LogP contribution in [-0.4, -0.2) is 63.9 Å². The molecule has 3 fully saturated rings. The molecule has 2 saturated carbocycles. The summed E-state index contributed by atoms with van der Waals surface area (Å²) in [6.45, 7) is 2.53. The number of alkyl halides is 3. The van der Waals surface area contributed by atoms with Gasteiger partial charge in [-0.1, -0.05) is 6.92 Å². The lowest BCUT2D eigenvalue weighted by Crippen LogP contribution is -2.74. The number of ketones is 3. The van der Waals surface area contributed by atoms with Gasteiger partial charge in [0.15, 0.2) is 23.0 Å². The Balaban J connectivity index is 1.66. The summed E-state index contributed by atoms with van der Waals surface area (Å²) in [5.74, 6) is -10.9. The molecule has 1 amide bonds. The average molecular weight is 565 g/mol. The van der Waals surface area contributed by atoms with E-state index in [1.54, 1.807) is 6.92 Å². The number of halogens is 3. The van der Waals surface area contributed by atoms with Gasteiger partial charge >= 0.3 is 6.18 Å². The molecule has 13 heteroatoms. The summed E-state index contributed by atoms with van der Waals surface area (Å²) in [5, 5.41) is 36.9. The molecule has 7 unspecified atom stereocenters. The number of rotatable bonds is 5. The van der Waals surface area contributed by atoms with Gasteiger partial charge in [0.1, 0.15) is 11.7 Å². The van der Waals surface area contributed by atoms with E-state index in [9.17, 15) is 42.6 Å². The number of amides is 1. The fourth-order valence-electron chi connectivity index (χ4n) is 7.28. The summed E-state index contributed by atoms with van der Waals surface area (Å²) >= 11 is 0. The van der Waals surface area contributed by atoms with Gasteiger partial charge < -0.3 is 32.0 Å². The van der Waals surface area contributed by atoms with Gasteiger partial charge in [-0.2, -0.15) is 13.2 Å². The van der Waals surface area contributed by atoms with Gasteiger partial charge in [-0.25, -0.2) is 0 Å². The largest absolute Gasteiger partial charge is 0.507 e. The highest BCUT2D eigenvalue weighted by atomic mass is 19.4. The number of phenols is 1. The maximum absolute atomic E-state index is 14.5. The van der Waals surface area contributed by atoms with Crippen molar-refractivity contribution in [1.29, 1.82) is 5.41 Å². The number of benzene rings is 1. The fourth-order valence-corrected chi connectivity index (χ4v) is 7.28. The minimum Gasteiger partial charge on any atom is -0.507 e. The maximum Gasteiger partial charge on any atom is 0.417 e. The van der Waals surface area contributed by atoms with Gasteiger partial charge in [-0.3, -0.25) is 19.2 Å². The number of aliphatic hydroxyl groups is 1. The Morgan fingerprint density at radius 2 is 2.00 bits per heavy atom. The highest BCUT2D eigenvalue weighted by Crippen LogP contribution is 2.53. The van der Waals surface area contributed by atoms with Gasteiger partial charge in [0, 0.05) is 12.0 Å². The van der Waals surface area contributed by atoms with Crippen molar-refractivity contribution >= 4 is 29.0 Å². The first-order valence-electron chi connectivity index (χ1n) is 13.4. The smallest absolute Gasteiger partial charge is 0.417 e. The van der Waals surface area contributed by atoms with Gasteiger partial charge in [-0.05, 0) is 68.3 Å². The lowest BCUT2D eigenvalue weighted by atomic mass is 9.52. The molecule has 4 aliphatic rings. The van der Waals surface area contributed by atoms with E-state index in [-0.39, 0.29) is 18.5 Å². The third-order valence-electron chi connectivity index (χ3n) is 8.97. The van der Waals surface area contributed by atoms with E-state index in [1.165, 1.54) is 0 Å². The van der Waals surface area contributed by atoms with E-state index in [0.29, 0.717) is 25.8 Å². The predicted octanol–water partition coefficient (Wildman–Crippen LogP) is 1.20. The van der Waals surface area contributed by atoms with Crippen molar-refractivity contribution in [3.63, 3.8) is 0 Å². The van der Waals surface area contributed by atoms with Crippen molar-refractivity contribution in [1.82, 2.24) is 10.6 Å². The van der Waals surface area contributed by atoms with E-state index >= 15 is 0 Å². The second kappa shape index (κ2) is 9.74. The molecule has 0 bridgehead atoms. The van der Waals surface area contributed by atoms with Crippen LogP contribution in [0.1, 0.15) is 65.7 Å². The Morgan fingerprint density at radius 3 is 2.58 bits per heavy atom. The Kier molecular flexibility index (Phi) is 6.91. The number of hydrogen-bond acceptors (Lipinski definition) is 9. The van der Waals surface area contributed by atoms with Gasteiger partial charge in [0.25, 0.3) is 0 Å². The third kappa shape index (κ3) is 4.00. The lowest BCUT2D eigenvalue weighted by molar-refractivity contribution is -0.154.